The van der Waals surface area contributed by atoms with Crippen LogP contribution in [0.2, 0.25) is 0 Å². The predicted octanol–water partition coefficient (Wildman–Crippen LogP) is 2.87. The van der Waals surface area contributed by atoms with Gasteiger partial charge >= 0.3 is 6.18 Å². The van der Waals surface area contributed by atoms with Crippen molar-refractivity contribution in [3.63, 3.8) is 0 Å². The zero-order chi connectivity index (χ0) is 50.7. The number of rotatable bonds is 21. The summed E-state index contributed by atoms with van der Waals surface area (Å²) in [7, 11) is 1.68. The number of fused-ring (bicyclic) bond motifs is 1. The lowest BCUT2D eigenvalue weighted by atomic mass is 9.83. The SMILES string of the molecule is CC(C)CN[C@@H]1CC[C@H](N2CC[C@H](Nc3ncnc4ccc(C(F)(F)F)cc34)C2=O)[C@H](NC(=O)C2CCC(NC(=O)CNC(=O)COCCOCCNC(=O)[C@H]3CC(=O)N(C)[C@@H]3c3cccnc3)CC2)C1. The second-order valence-electron chi connectivity index (χ2n) is 19.4. The minimum atomic E-state index is -4.56. The number of anilines is 1. The summed E-state index contributed by atoms with van der Waals surface area (Å²) in [5, 5.41) is 18.5. The molecule has 3 aromatic rings. The molecule has 4 heterocycles. The molecule has 386 valence electrons. The molecule has 0 radical (unpaired) electrons. The molecule has 7 rings (SSSR count). The van der Waals surface area contributed by atoms with E-state index in [2.05, 4.69) is 60.7 Å². The van der Waals surface area contributed by atoms with E-state index in [0.717, 1.165) is 30.7 Å². The van der Waals surface area contributed by atoms with Crippen LogP contribution in [0.25, 0.3) is 10.9 Å². The summed E-state index contributed by atoms with van der Waals surface area (Å²) in [6.07, 6.45) is 4.81. The number of nitrogens with one attached hydrogen (secondary N) is 6. The van der Waals surface area contributed by atoms with E-state index in [9.17, 15) is 41.9 Å². The molecule has 6 amide bonds. The molecule has 4 aliphatic rings. The number of alkyl halides is 3. The molecule has 6 atom stereocenters. The van der Waals surface area contributed by atoms with Crippen molar-refractivity contribution < 1.29 is 51.4 Å². The van der Waals surface area contributed by atoms with Gasteiger partial charge in [0.2, 0.25) is 35.4 Å². The highest BCUT2D eigenvalue weighted by molar-refractivity contribution is 5.94. The Bertz CT molecular complexity index is 2340. The normalized spacial score (nSPS) is 24.8. The van der Waals surface area contributed by atoms with Crippen molar-refractivity contribution >= 4 is 52.2 Å². The molecular weight excluding hydrogens is 928 g/mol. The van der Waals surface area contributed by atoms with Gasteiger partial charge in [0, 0.05) is 62.3 Å². The Kier molecular flexibility index (Phi) is 18.2. The number of nitrogens with zero attached hydrogens (tertiary/aromatic N) is 5. The van der Waals surface area contributed by atoms with Gasteiger partial charge in [-0.05, 0) is 93.7 Å². The highest BCUT2D eigenvalue weighted by Gasteiger charge is 2.44. The van der Waals surface area contributed by atoms with Crippen molar-refractivity contribution in [2.45, 2.75) is 114 Å². The number of halogens is 3. The summed E-state index contributed by atoms with van der Waals surface area (Å²) in [5.74, 6) is -1.76. The summed E-state index contributed by atoms with van der Waals surface area (Å²) in [5.41, 5.74) is 0.271. The molecule has 1 aromatic carbocycles. The number of carbonyl (C=O) groups is 6. The maximum absolute atomic E-state index is 14.0. The van der Waals surface area contributed by atoms with Gasteiger partial charge in [-0.15, -0.1) is 0 Å². The number of amides is 6. The quantitative estimate of drug-likeness (QED) is 0.0844. The summed E-state index contributed by atoms with van der Waals surface area (Å²) >= 11 is 0. The van der Waals surface area contributed by atoms with Crippen molar-refractivity contribution in [2.75, 3.05) is 65.0 Å². The van der Waals surface area contributed by atoms with Crippen LogP contribution in [0, 0.1) is 17.8 Å². The number of hydrogen-bond acceptors (Lipinski definition) is 13. The van der Waals surface area contributed by atoms with Crippen molar-refractivity contribution in [3.05, 3.63) is 60.2 Å². The fourth-order valence-electron chi connectivity index (χ4n) is 10.1. The lowest BCUT2D eigenvalue weighted by Gasteiger charge is -2.42. The third-order valence-electron chi connectivity index (χ3n) is 13.9. The number of hydrogen-bond donors (Lipinski definition) is 6. The summed E-state index contributed by atoms with van der Waals surface area (Å²) in [4.78, 5) is 94.2. The van der Waals surface area contributed by atoms with Gasteiger partial charge in [-0.25, -0.2) is 9.97 Å². The van der Waals surface area contributed by atoms with Crippen molar-refractivity contribution in [3.8, 4) is 0 Å². The number of ether oxygens (including phenoxy) is 2. The third-order valence-corrected chi connectivity index (χ3v) is 13.9. The van der Waals surface area contributed by atoms with Crippen LogP contribution < -0.4 is 31.9 Å². The first-order chi connectivity index (χ1) is 34.0. The van der Waals surface area contributed by atoms with E-state index in [1.165, 1.54) is 12.4 Å². The van der Waals surface area contributed by atoms with Gasteiger partial charge in [0.25, 0.3) is 0 Å². The first kappa shape index (κ1) is 52.8. The van der Waals surface area contributed by atoms with Gasteiger partial charge in [0.1, 0.15) is 24.8 Å². The van der Waals surface area contributed by atoms with E-state index in [1.807, 2.05) is 6.07 Å². The highest BCUT2D eigenvalue weighted by atomic mass is 19.4. The van der Waals surface area contributed by atoms with Gasteiger partial charge < -0.3 is 51.2 Å². The number of likely N-dealkylation sites (tertiary alicyclic amines) is 2. The molecule has 22 heteroatoms. The number of pyridine rings is 1. The number of aromatic nitrogens is 3. The molecule has 2 saturated heterocycles. The summed E-state index contributed by atoms with van der Waals surface area (Å²) in [6.45, 7) is 5.68. The van der Waals surface area contributed by atoms with E-state index in [4.69, 9.17) is 9.47 Å². The van der Waals surface area contributed by atoms with E-state index in [-0.39, 0.29) is 117 Å². The monoisotopic (exact) mass is 994 g/mol. The van der Waals surface area contributed by atoms with Crippen molar-refractivity contribution in [2.24, 2.45) is 17.8 Å². The molecule has 0 bridgehead atoms. The number of carbonyl (C=O) groups excluding carboxylic acids is 6. The minimum Gasteiger partial charge on any atom is -0.377 e. The topological polar surface area (TPSA) is 238 Å². The van der Waals surface area contributed by atoms with Crippen LogP contribution >= 0.6 is 0 Å². The van der Waals surface area contributed by atoms with Crippen molar-refractivity contribution in [1.82, 2.24) is 51.3 Å². The van der Waals surface area contributed by atoms with Crippen LogP contribution in [0.5, 0.6) is 0 Å². The van der Waals surface area contributed by atoms with Crippen LogP contribution in [-0.4, -0.2) is 150 Å². The molecular formula is C49H66F3N11O8. The molecule has 4 fully saturated rings. The molecule has 2 aliphatic carbocycles. The van der Waals surface area contributed by atoms with E-state index >= 15 is 0 Å². The lowest BCUT2D eigenvalue weighted by molar-refractivity contribution is -0.137. The second-order valence-corrected chi connectivity index (χ2v) is 19.4. The average Bonchev–Trinajstić information content (AvgIpc) is 3.87. The standard InChI is InChI=1S/C49H66F3N11O8/c1-29(2)24-55-34-11-13-40(63-17-14-38(48(63)69)60-45-35-21-32(49(50,51)52)8-12-37(35)57-28-58-45)39(22-34)61-46(67)30-6-9-33(10-7-30)59-41(64)26-56-42(65)27-71-20-19-70-18-16-54-47(68)36-23-43(66)62(3)44(36)31-5-4-15-53-25-31/h4-5,8,12,15,21,25,28-30,33-34,36,38-40,44,55H,6-7,9-11,13-14,16-20,22-24,26-27H2,1-3H3,(H,54,68)(H,56,65)(H,59,64)(H,61,67)(H,57,58,60)/t30?,33?,34-,36+,38+,39-,40+,44-/m1/s1. The maximum Gasteiger partial charge on any atom is 0.416 e. The average molecular weight is 994 g/mol. The van der Waals surface area contributed by atoms with Crippen LogP contribution in [0.15, 0.2) is 49.1 Å². The molecule has 0 spiro atoms. The Morgan fingerprint density at radius 2 is 1.65 bits per heavy atom. The van der Waals surface area contributed by atoms with E-state index in [1.54, 1.807) is 35.3 Å². The molecule has 71 heavy (non-hydrogen) atoms. The Morgan fingerprint density at radius 1 is 0.873 bits per heavy atom. The first-order valence-corrected chi connectivity index (χ1v) is 24.6. The molecule has 2 saturated carbocycles. The fourth-order valence-corrected chi connectivity index (χ4v) is 10.1. The molecule has 6 N–H and O–H groups in total. The van der Waals surface area contributed by atoms with E-state index < -0.39 is 35.6 Å². The van der Waals surface area contributed by atoms with Crippen LogP contribution in [0.4, 0.5) is 19.0 Å². The second kappa shape index (κ2) is 24.4. The van der Waals surface area contributed by atoms with Gasteiger partial charge in [-0.3, -0.25) is 33.8 Å². The third kappa shape index (κ3) is 14.1. The Labute approximate surface area is 410 Å². The van der Waals surface area contributed by atoms with Crippen LogP contribution in [0.1, 0.15) is 88.8 Å². The summed E-state index contributed by atoms with van der Waals surface area (Å²) < 4.78 is 51.6. The molecule has 2 aliphatic heterocycles. The smallest absolute Gasteiger partial charge is 0.377 e. The maximum atomic E-state index is 14.0. The van der Waals surface area contributed by atoms with E-state index in [0.29, 0.717) is 62.9 Å². The molecule has 0 unspecified atom stereocenters. The minimum absolute atomic E-state index is 0.102. The van der Waals surface area contributed by atoms with Gasteiger partial charge in [-0.1, -0.05) is 19.9 Å². The highest BCUT2D eigenvalue weighted by Crippen LogP contribution is 2.37. The Morgan fingerprint density at radius 3 is 2.39 bits per heavy atom. The van der Waals surface area contributed by atoms with Gasteiger partial charge in [0.15, 0.2) is 0 Å². The van der Waals surface area contributed by atoms with Gasteiger partial charge in [0.05, 0.1) is 61.5 Å². The molecule has 19 nitrogen and oxygen atoms in total. The zero-order valence-corrected chi connectivity index (χ0v) is 40.5. The fraction of sp³-hybridized carbons (Fsp3) is 0.612. The van der Waals surface area contributed by atoms with Gasteiger partial charge in [-0.2, -0.15) is 13.2 Å². The lowest BCUT2D eigenvalue weighted by Crippen LogP contribution is -2.59. The largest absolute Gasteiger partial charge is 0.416 e. The molecule has 2 aromatic heterocycles. The summed E-state index contributed by atoms with van der Waals surface area (Å²) in [6, 6.07) is 5.09. The van der Waals surface area contributed by atoms with Crippen molar-refractivity contribution in [1.29, 1.82) is 0 Å². The Hall–Kier alpha value is -6.00. The Balaban J connectivity index is 0.794. The number of benzene rings is 1. The van der Waals surface area contributed by atoms with Crippen LogP contribution in [-0.2, 0) is 44.4 Å². The van der Waals surface area contributed by atoms with Crippen LogP contribution in [0.3, 0.4) is 0 Å². The zero-order valence-electron chi connectivity index (χ0n) is 40.5. The first-order valence-electron chi connectivity index (χ1n) is 24.6. The predicted molar refractivity (Wildman–Crippen MR) is 254 cm³/mol.